The van der Waals surface area contributed by atoms with Gasteiger partial charge in [0.05, 0.1) is 0 Å². The van der Waals surface area contributed by atoms with Gasteiger partial charge in [-0.05, 0) is 49.8 Å². The lowest BCUT2D eigenvalue weighted by Crippen LogP contribution is -2.28. The minimum absolute atomic E-state index is 0.327. The van der Waals surface area contributed by atoms with Crippen molar-refractivity contribution in [2.75, 3.05) is 6.54 Å². The van der Waals surface area contributed by atoms with Crippen LogP contribution < -0.4 is 5.32 Å². The molecule has 2 nitrogen and oxygen atoms in total. The second kappa shape index (κ2) is 4.54. The number of nitrogens with one attached hydrogen (secondary N) is 1. The van der Waals surface area contributed by atoms with Crippen LogP contribution in [0.25, 0.3) is 0 Å². The largest absolute Gasteiger partial charge is 0.314 e. The van der Waals surface area contributed by atoms with Crippen LogP contribution in [-0.2, 0) is 5.41 Å². The van der Waals surface area contributed by atoms with Gasteiger partial charge in [0, 0.05) is 17.9 Å². The molecule has 88 valence electrons. The number of hydrogen-bond donors (Lipinski definition) is 1. The molecule has 0 aliphatic heterocycles. The molecule has 0 spiro atoms. The molecule has 0 amide bonds. The Morgan fingerprint density at radius 2 is 2.31 bits per heavy atom. The first-order valence-electron chi connectivity index (χ1n) is 6.30. The Morgan fingerprint density at radius 3 is 2.94 bits per heavy atom. The van der Waals surface area contributed by atoms with Crippen molar-refractivity contribution in [3.8, 4) is 0 Å². The second-order valence-corrected chi connectivity index (χ2v) is 5.25. The second-order valence-electron chi connectivity index (χ2n) is 5.25. The van der Waals surface area contributed by atoms with E-state index in [1.807, 2.05) is 6.92 Å². The highest BCUT2D eigenvalue weighted by atomic mass is 14.9. The number of aromatic nitrogens is 1. The molecule has 1 heterocycles. The molecular weight excluding hydrogens is 196 g/mol. The Bertz CT molecular complexity index is 344. The molecule has 1 aliphatic rings. The van der Waals surface area contributed by atoms with Gasteiger partial charge in [-0.15, -0.1) is 0 Å². The van der Waals surface area contributed by atoms with Crippen LogP contribution in [0.3, 0.4) is 0 Å². The summed E-state index contributed by atoms with van der Waals surface area (Å²) < 4.78 is 0. The molecular formula is C14H22N2. The molecule has 2 unspecified atom stereocenters. The molecule has 0 saturated heterocycles. The molecule has 1 aromatic heterocycles. The normalized spacial score (nSPS) is 29.6. The van der Waals surface area contributed by atoms with Crippen LogP contribution >= 0.6 is 0 Å². The molecule has 16 heavy (non-hydrogen) atoms. The SMILES string of the molecule is CCNC1CCC(C)(c2ccc(C)nc2)C1. The van der Waals surface area contributed by atoms with Crippen LogP contribution in [0.2, 0.25) is 0 Å². The first-order valence-corrected chi connectivity index (χ1v) is 6.30. The predicted octanol–water partition coefficient (Wildman–Crippen LogP) is 2.81. The predicted molar refractivity (Wildman–Crippen MR) is 67.6 cm³/mol. The van der Waals surface area contributed by atoms with Gasteiger partial charge in [-0.3, -0.25) is 4.98 Å². The molecule has 0 aromatic carbocycles. The maximum atomic E-state index is 4.42. The fourth-order valence-corrected chi connectivity index (χ4v) is 2.79. The minimum atomic E-state index is 0.327. The maximum absolute atomic E-state index is 4.42. The first kappa shape index (κ1) is 11.6. The molecule has 1 N–H and O–H groups in total. The summed E-state index contributed by atoms with van der Waals surface area (Å²) in [5.74, 6) is 0. The molecule has 2 atom stereocenters. The third-order valence-electron chi connectivity index (χ3n) is 3.84. The fourth-order valence-electron chi connectivity index (χ4n) is 2.79. The van der Waals surface area contributed by atoms with Gasteiger partial charge in [0.2, 0.25) is 0 Å². The minimum Gasteiger partial charge on any atom is -0.314 e. The van der Waals surface area contributed by atoms with Gasteiger partial charge in [-0.25, -0.2) is 0 Å². The lowest BCUT2D eigenvalue weighted by Gasteiger charge is -2.24. The van der Waals surface area contributed by atoms with E-state index < -0.39 is 0 Å². The summed E-state index contributed by atoms with van der Waals surface area (Å²) in [5.41, 5.74) is 2.83. The highest BCUT2D eigenvalue weighted by Crippen LogP contribution is 2.40. The topological polar surface area (TPSA) is 24.9 Å². The Kier molecular flexibility index (Phi) is 3.29. The van der Waals surface area contributed by atoms with E-state index in [1.54, 1.807) is 0 Å². The van der Waals surface area contributed by atoms with Crippen LogP contribution in [0.1, 0.15) is 44.4 Å². The molecule has 1 saturated carbocycles. The monoisotopic (exact) mass is 218 g/mol. The number of hydrogen-bond acceptors (Lipinski definition) is 2. The number of rotatable bonds is 3. The first-order chi connectivity index (χ1) is 7.64. The molecule has 1 fully saturated rings. The van der Waals surface area contributed by atoms with E-state index in [2.05, 4.69) is 42.5 Å². The summed E-state index contributed by atoms with van der Waals surface area (Å²) in [5, 5.41) is 3.56. The van der Waals surface area contributed by atoms with Crippen molar-refractivity contribution in [1.29, 1.82) is 0 Å². The zero-order valence-corrected chi connectivity index (χ0v) is 10.6. The third kappa shape index (κ3) is 2.27. The average Bonchev–Trinajstić information content (AvgIpc) is 2.63. The van der Waals surface area contributed by atoms with Gasteiger partial charge in [-0.2, -0.15) is 0 Å². The summed E-state index contributed by atoms with van der Waals surface area (Å²) in [4.78, 5) is 4.42. The zero-order chi connectivity index (χ0) is 11.6. The van der Waals surface area contributed by atoms with Crippen molar-refractivity contribution < 1.29 is 0 Å². The smallest absolute Gasteiger partial charge is 0.0372 e. The Hall–Kier alpha value is -0.890. The Balaban J connectivity index is 2.12. The number of nitrogens with zero attached hydrogens (tertiary/aromatic N) is 1. The van der Waals surface area contributed by atoms with E-state index in [0.29, 0.717) is 11.5 Å². The zero-order valence-electron chi connectivity index (χ0n) is 10.6. The van der Waals surface area contributed by atoms with E-state index in [0.717, 1.165) is 12.2 Å². The molecule has 2 heteroatoms. The lowest BCUT2D eigenvalue weighted by atomic mass is 9.81. The van der Waals surface area contributed by atoms with Crippen LogP contribution in [-0.4, -0.2) is 17.6 Å². The number of pyridine rings is 1. The van der Waals surface area contributed by atoms with E-state index in [4.69, 9.17) is 0 Å². The van der Waals surface area contributed by atoms with Crippen molar-refractivity contribution >= 4 is 0 Å². The highest BCUT2D eigenvalue weighted by Gasteiger charge is 2.36. The molecule has 1 aromatic rings. The van der Waals surface area contributed by atoms with Crippen molar-refractivity contribution in [3.05, 3.63) is 29.6 Å². The van der Waals surface area contributed by atoms with E-state index >= 15 is 0 Å². The lowest BCUT2D eigenvalue weighted by molar-refractivity contribution is 0.456. The van der Waals surface area contributed by atoms with Gasteiger partial charge in [0.25, 0.3) is 0 Å². The van der Waals surface area contributed by atoms with Crippen molar-refractivity contribution in [1.82, 2.24) is 10.3 Å². The Morgan fingerprint density at radius 1 is 1.50 bits per heavy atom. The molecule has 1 aliphatic carbocycles. The summed E-state index contributed by atoms with van der Waals surface area (Å²) in [7, 11) is 0. The molecule has 0 radical (unpaired) electrons. The van der Waals surface area contributed by atoms with Crippen molar-refractivity contribution in [2.45, 2.75) is 51.5 Å². The average molecular weight is 218 g/mol. The Labute approximate surface area is 98.5 Å². The number of aryl methyl sites for hydroxylation is 1. The van der Waals surface area contributed by atoms with Gasteiger partial charge >= 0.3 is 0 Å². The quantitative estimate of drug-likeness (QED) is 0.844. The molecule has 2 rings (SSSR count). The fraction of sp³-hybridized carbons (Fsp3) is 0.643. The molecule has 0 bridgehead atoms. The standard InChI is InChI=1S/C14H22N2/c1-4-15-13-7-8-14(3,9-13)12-6-5-11(2)16-10-12/h5-6,10,13,15H,4,7-9H2,1-3H3. The summed E-state index contributed by atoms with van der Waals surface area (Å²) in [6, 6.07) is 5.06. The van der Waals surface area contributed by atoms with Gasteiger partial charge < -0.3 is 5.32 Å². The van der Waals surface area contributed by atoms with Crippen LogP contribution in [0, 0.1) is 6.92 Å². The van der Waals surface area contributed by atoms with Crippen LogP contribution in [0.5, 0.6) is 0 Å². The summed E-state index contributed by atoms with van der Waals surface area (Å²) >= 11 is 0. The van der Waals surface area contributed by atoms with Crippen molar-refractivity contribution in [3.63, 3.8) is 0 Å². The third-order valence-corrected chi connectivity index (χ3v) is 3.84. The van der Waals surface area contributed by atoms with E-state index in [9.17, 15) is 0 Å². The summed E-state index contributed by atoms with van der Waals surface area (Å²) in [6.45, 7) is 7.68. The van der Waals surface area contributed by atoms with Crippen LogP contribution in [0.4, 0.5) is 0 Å². The van der Waals surface area contributed by atoms with Gasteiger partial charge in [0.15, 0.2) is 0 Å². The van der Waals surface area contributed by atoms with Crippen LogP contribution in [0.15, 0.2) is 18.3 Å². The van der Waals surface area contributed by atoms with Crippen molar-refractivity contribution in [2.24, 2.45) is 0 Å². The van der Waals surface area contributed by atoms with E-state index in [-0.39, 0.29) is 0 Å². The summed E-state index contributed by atoms with van der Waals surface area (Å²) in [6.07, 6.45) is 5.86. The van der Waals surface area contributed by atoms with Gasteiger partial charge in [0.1, 0.15) is 0 Å². The highest BCUT2D eigenvalue weighted by molar-refractivity contribution is 5.25. The maximum Gasteiger partial charge on any atom is 0.0372 e. The van der Waals surface area contributed by atoms with E-state index in [1.165, 1.54) is 24.8 Å². The van der Waals surface area contributed by atoms with Gasteiger partial charge in [-0.1, -0.05) is 19.9 Å².